The molecule has 3 aromatic rings. The van der Waals surface area contributed by atoms with E-state index in [1.54, 1.807) is 23.6 Å². The average Bonchev–Trinajstić information content (AvgIpc) is 3.05. The zero-order valence-corrected chi connectivity index (χ0v) is 12.1. The largest absolute Gasteiger partial charge is 0.459 e. The van der Waals surface area contributed by atoms with Gasteiger partial charge in [0.05, 0.1) is 11.7 Å². The minimum absolute atomic E-state index is 0.114. The van der Waals surface area contributed by atoms with Crippen LogP contribution < -0.4 is 0 Å². The quantitative estimate of drug-likeness (QED) is 0.691. The number of fused-ring (bicyclic) bond motifs is 1. The summed E-state index contributed by atoms with van der Waals surface area (Å²) in [7, 11) is 0. The fourth-order valence-corrected chi connectivity index (χ4v) is 2.62. The van der Waals surface area contributed by atoms with Crippen molar-refractivity contribution in [2.24, 2.45) is 0 Å². The van der Waals surface area contributed by atoms with E-state index < -0.39 is 0 Å². The molecule has 0 amide bonds. The van der Waals surface area contributed by atoms with Crippen molar-refractivity contribution in [2.75, 3.05) is 0 Å². The van der Waals surface area contributed by atoms with Gasteiger partial charge in [0.15, 0.2) is 0 Å². The van der Waals surface area contributed by atoms with Crippen molar-refractivity contribution in [3.05, 3.63) is 47.7 Å². The van der Waals surface area contributed by atoms with Gasteiger partial charge in [-0.3, -0.25) is 0 Å². The van der Waals surface area contributed by atoms with E-state index >= 15 is 0 Å². The van der Waals surface area contributed by atoms with Gasteiger partial charge in [0.25, 0.3) is 0 Å². The number of hydrogen-bond acceptors (Lipinski definition) is 4. The first-order valence-corrected chi connectivity index (χ1v) is 7.24. The third kappa shape index (κ3) is 2.44. The highest BCUT2D eigenvalue weighted by molar-refractivity contribution is 7.13. The molecular weight excluding hydrogens is 272 g/mol. The molecule has 0 bridgehead atoms. The predicted octanol–water partition coefficient (Wildman–Crippen LogP) is 3.63. The van der Waals surface area contributed by atoms with Crippen LogP contribution in [0.4, 0.5) is 0 Å². The molecule has 0 N–H and O–H groups in total. The van der Waals surface area contributed by atoms with E-state index in [-0.39, 0.29) is 12.1 Å². The van der Waals surface area contributed by atoms with Crippen LogP contribution in [0.2, 0.25) is 0 Å². The van der Waals surface area contributed by atoms with Crippen molar-refractivity contribution in [1.29, 1.82) is 0 Å². The monoisotopic (exact) mass is 286 g/mol. The highest BCUT2D eigenvalue weighted by Gasteiger charge is 2.11. The lowest BCUT2D eigenvalue weighted by Gasteiger charge is -2.07. The number of rotatable bonds is 3. The summed E-state index contributed by atoms with van der Waals surface area (Å²) >= 11 is 1.59. The summed E-state index contributed by atoms with van der Waals surface area (Å²) in [5, 5.41) is 2.92. The normalized spacial score (nSPS) is 11.2. The van der Waals surface area contributed by atoms with E-state index in [1.165, 1.54) is 0 Å². The molecule has 0 aromatic carbocycles. The van der Waals surface area contributed by atoms with E-state index in [2.05, 4.69) is 4.98 Å². The summed E-state index contributed by atoms with van der Waals surface area (Å²) in [5.74, 6) is -0.292. The Labute approximate surface area is 120 Å². The first-order chi connectivity index (χ1) is 9.63. The molecule has 0 unspecified atom stereocenters. The minimum Gasteiger partial charge on any atom is -0.459 e. The maximum atomic E-state index is 11.9. The Morgan fingerprint density at radius 3 is 2.95 bits per heavy atom. The van der Waals surface area contributed by atoms with E-state index in [9.17, 15) is 4.79 Å². The Bertz CT molecular complexity index is 744. The number of nitrogens with zero attached hydrogens (tertiary/aromatic N) is 2. The van der Waals surface area contributed by atoms with Gasteiger partial charge in [-0.25, -0.2) is 9.78 Å². The fourth-order valence-electron chi connectivity index (χ4n) is 2.00. The third-order valence-corrected chi connectivity index (χ3v) is 3.68. The van der Waals surface area contributed by atoms with Gasteiger partial charge in [-0.2, -0.15) is 0 Å². The van der Waals surface area contributed by atoms with Crippen LogP contribution >= 0.6 is 11.3 Å². The zero-order chi connectivity index (χ0) is 14.1. The van der Waals surface area contributed by atoms with Crippen molar-refractivity contribution in [3.63, 3.8) is 0 Å². The van der Waals surface area contributed by atoms with Gasteiger partial charge >= 0.3 is 5.97 Å². The van der Waals surface area contributed by atoms with Crippen LogP contribution in [0.15, 0.2) is 42.2 Å². The summed E-state index contributed by atoms with van der Waals surface area (Å²) < 4.78 is 7.18. The van der Waals surface area contributed by atoms with Crippen LogP contribution in [-0.2, 0) is 4.74 Å². The van der Waals surface area contributed by atoms with Crippen molar-refractivity contribution < 1.29 is 9.53 Å². The second-order valence-electron chi connectivity index (χ2n) is 4.77. The van der Waals surface area contributed by atoms with E-state index in [4.69, 9.17) is 4.74 Å². The summed E-state index contributed by atoms with van der Waals surface area (Å²) in [4.78, 5) is 16.2. The molecule has 0 fully saturated rings. The van der Waals surface area contributed by atoms with Gasteiger partial charge in [0, 0.05) is 35.1 Å². The van der Waals surface area contributed by atoms with Gasteiger partial charge in [0.2, 0.25) is 0 Å². The number of pyridine rings is 1. The van der Waals surface area contributed by atoms with Gasteiger partial charge in [-0.05, 0) is 32.0 Å². The summed E-state index contributed by atoms with van der Waals surface area (Å²) in [6.45, 7) is 3.68. The standard InChI is InChI=1S/C15H14N2O2S/c1-10(2)19-15(18)11-3-5-17-9-12(8-13(17)7-11)14-16-4-6-20-14/h3-10H,1-2H3. The van der Waals surface area contributed by atoms with Gasteiger partial charge in [-0.1, -0.05) is 0 Å². The summed E-state index contributed by atoms with van der Waals surface area (Å²) in [5.41, 5.74) is 2.57. The van der Waals surface area contributed by atoms with Crippen LogP contribution in [0.5, 0.6) is 0 Å². The molecule has 0 aliphatic carbocycles. The Morgan fingerprint density at radius 1 is 1.40 bits per heavy atom. The van der Waals surface area contributed by atoms with E-state index in [0.717, 1.165) is 16.1 Å². The molecule has 0 aliphatic rings. The third-order valence-electron chi connectivity index (χ3n) is 2.86. The Balaban J connectivity index is 1.97. The van der Waals surface area contributed by atoms with Crippen LogP contribution in [0.3, 0.4) is 0 Å². The molecule has 20 heavy (non-hydrogen) atoms. The summed E-state index contributed by atoms with van der Waals surface area (Å²) in [6.07, 6.45) is 5.54. The SMILES string of the molecule is CC(C)OC(=O)c1ccn2cc(-c3nccs3)cc2c1. The molecule has 0 aliphatic heterocycles. The molecular formula is C15H14N2O2S. The lowest BCUT2D eigenvalue weighted by Crippen LogP contribution is -2.11. The molecule has 0 atom stereocenters. The number of thiazole rings is 1. The smallest absolute Gasteiger partial charge is 0.338 e. The lowest BCUT2D eigenvalue weighted by molar-refractivity contribution is 0.0378. The van der Waals surface area contributed by atoms with Crippen LogP contribution in [0.1, 0.15) is 24.2 Å². The van der Waals surface area contributed by atoms with Crippen molar-refractivity contribution in [2.45, 2.75) is 20.0 Å². The van der Waals surface area contributed by atoms with Gasteiger partial charge < -0.3 is 9.14 Å². The highest BCUT2D eigenvalue weighted by atomic mass is 32.1. The molecule has 4 nitrogen and oxygen atoms in total. The van der Waals surface area contributed by atoms with Gasteiger partial charge in [-0.15, -0.1) is 11.3 Å². The second-order valence-corrected chi connectivity index (χ2v) is 5.66. The molecule has 5 heteroatoms. The predicted molar refractivity (Wildman–Crippen MR) is 79.1 cm³/mol. The molecule has 0 spiro atoms. The van der Waals surface area contributed by atoms with Crippen molar-refractivity contribution in [3.8, 4) is 10.6 Å². The molecule has 0 radical (unpaired) electrons. The van der Waals surface area contributed by atoms with Crippen molar-refractivity contribution in [1.82, 2.24) is 9.38 Å². The average molecular weight is 286 g/mol. The Morgan fingerprint density at radius 2 is 2.25 bits per heavy atom. The molecule has 3 heterocycles. The van der Waals surface area contributed by atoms with Gasteiger partial charge in [0.1, 0.15) is 5.01 Å². The topological polar surface area (TPSA) is 43.6 Å². The number of esters is 1. The molecule has 0 saturated heterocycles. The van der Waals surface area contributed by atoms with E-state index in [1.807, 2.05) is 48.2 Å². The van der Waals surface area contributed by atoms with Crippen LogP contribution in [0, 0.1) is 0 Å². The molecule has 0 saturated carbocycles. The molecule has 102 valence electrons. The Hall–Kier alpha value is -2.14. The molecule has 3 aromatic heterocycles. The highest BCUT2D eigenvalue weighted by Crippen LogP contribution is 2.25. The maximum Gasteiger partial charge on any atom is 0.338 e. The van der Waals surface area contributed by atoms with Crippen molar-refractivity contribution >= 4 is 22.8 Å². The van der Waals surface area contributed by atoms with E-state index in [0.29, 0.717) is 5.56 Å². The number of hydrogen-bond donors (Lipinski definition) is 0. The maximum absolute atomic E-state index is 11.9. The number of carbonyl (C=O) groups excluding carboxylic acids is 1. The number of aromatic nitrogens is 2. The number of ether oxygens (including phenoxy) is 1. The first kappa shape index (κ1) is 12.9. The first-order valence-electron chi connectivity index (χ1n) is 6.36. The minimum atomic E-state index is -0.292. The Kier molecular flexibility index (Phi) is 3.28. The lowest BCUT2D eigenvalue weighted by atomic mass is 10.2. The second kappa shape index (κ2) is 5.09. The zero-order valence-electron chi connectivity index (χ0n) is 11.2. The summed E-state index contributed by atoms with van der Waals surface area (Å²) in [6, 6.07) is 5.62. The molecule has 3 rings (SSSR count). The van der Waals surface area contributed by atoms with Crippen LogP contribution in [0.25, 0.3) is 16.1 Å². The van der Waals surface area contributed by atoms with Crippen LogP contribution in [-0.4, -0.2) is 21.5 Å². The fraction of sp³-hybridized carbons (Fsp3) is 0.200. The number of carbonyl (C=O) groups is 1.